The van der Waals surface area contributed by atoms with Crippen molar-refractivity contribution in [3.63, 3.8) is 0 Å². The Morgan fingerprint density at radius 1 is 1.31 bits per heavy atom. The second-order valence-electron chi connectivity index (χ2n) is 3.31. The molecular formula is C10H20N6. The third-order valence-corrected chi connectivity index (χ3v) is 1.98. The summed E-state index contributed by atoms with van der Waals surface area (Å²) in [4.78, 5) is 4.44. The van der Waals surface area contributed by atoms with E-state index in [2.05, 4.69) is 39.8 Å². The van der Waals surface area contributed by atoms with Crippen LogP contribution in [-0.2, 0) is 6.54 Å². The predicted octanol–water partition coefficient (Wildman–Crippen LogP) is 0.243. The summed E-state index contributed by atoms with van der Waals surface area (Å²) in [6, 6.07) is 0. The molecule has 0 spiro atoms. The van der Waals surface area contributed by atoms with Crippen LogP contribution in [0.5, 0.6) is 0 Å². The second kappa shape index (κ2) is 7.67. The molecule has 2 N–H and O–H groups in total. The number of nitrogens with zero attached hydrogens (tertiary/aromatic N) is 4. The van der Waals surface area contributed by atoms with E-state index in [0.29, 0.717) is 0 Å². The maximum Gasteiger partial charge on any atom is 0.191 e. The molecule has 1 aromatic rings. The number of guanidine groups is 1. The number of aryl methyl sites for hydroxylation is 1. The fourth-order valence-corrected chi connectivity index (χ4v) is 1.28. The molecule has 90 valence electrons. The van der Waals surface area contributed by atoms with Crippen molar-refractivity contribution in [2.45, 2.75) is 26.8 Å². The molecule has 6 nitrogen and oxygen atoms in total. The van der Waals surface area contributed by atoms with Crippen LogP contribution in [0.2, 0.25) is 0 Å². The molecule has 0 aromatic carbocycles. The number of hydrogen-bond acceptors (Lipinski definition) is 3. The van der Waals surface area contributed by atoms with E-state index in [9.17, 15) is 0 Å². The summed E-state index contributed by atoms with van der Waals surface area (Å²) >= 11 is 0. The summed E-state index contributed by atoms with van der Waals surface area (Å²) in [6.07, 6.45) is 4.51. The van der Waals surface area contributed by atoms with Crippen molar-refractivity contribution in [3.8, 4) is 0 Å². The first kappa shape index (κ1) is 12.5. The number of aromatic nitrogens is 3. The maximum atomic E-state index is 4.44. The molecule has 0 aliphatic carbocycles. The Kier molecular flexibility index (Phi) is 5.98. The van der Waals surface area contributed by atoms with E-state index in [0.717, 1.165) is 38.6 Å². The first-order valence-corrected chi connectivity index (χ1v) is 5.73. The molecule has 0 bridgehead atoms. The van der Waals surface area contributed by atoms with Crippen molar-refractivity contribution < 1.29 is 0 Å². The van der Waals surface area contributed by atoms with Crippen LogP contribution >= 0.6 is 0 Å². The van der Waals surface area contributed by atoms with Gasteiger partial charge in [0.25, 0.3) is 0 Å². The van der Waals surface area contributed by atoms with Gasteiger partial charge >= 0.3 is 0 Å². The molecule has 1 rings (SSSR count). The Morgan fingerprint density at radius 2 is 2.06 bits per heavy atom. The zero-order chi connectivity index (χ0) is 11.6. The Bertz CT molecular complexity index is 284. The van der Waals surface area contributed by atoms with E-state index in [1.807, 2.05) is 10.9 Å². The summed E-state index contributed by atoms with van der Waals surface area (Å²) in [7, 11) is 0. The summed E-state index contributed by atoms with van der Waals surface area (Å²) in [5, 5.41) is 14.0. The van der Waals surface area contributed by atoms with E-state index in [4.69, 9.17) is 0 Å². The first-order chi connectivity index (χ1) is 7.86. The Hall–Kier alpha value is -1.59. The van der Waals surface area contributed by atoms with Crippen molar-refractivity contribution in [1.82, 2.24) is 25.6 Å². The fraction of sp³-hybridized carbons (Fsp3) is 0.700. The second-order valence-corrected chi connectivity index (χ2v) is 3.31. The third kappa shape index (κ3) is 4.77. The molecule has 0 amide bonds. The maximum absolute atomic E-state index is 4.44. The van der Waals surface area contributed by atoms with Gasteiger partial charge in [-0.3, -0.25) is 9.67 Å². The molecule has 0 unspecified atom stereocenters. The number of aliphatic imine (C=N–C) groups is 1. The third-order valence-electron chi connectivity index (χ3n) is 1.98. The molecule has 0 fully saturated rings. The highest BCUT2D eigenvalue weighted by molar-refractivity contribution is 5.79. The van der Waals surface area contributed by atoms with Gasteiger partial charge in [0.15, 0.2) is 5.96 Å². The minimum Gasteiger partial charge on any atom is -0.357 e. The van der Waals surface area contributed by atoms with Gasteiger partial charge in [0.1, 0.15) is 0 Å². The summed E-state index contributed by atoms with van der Waals surface area (Å²) in [6.45, 7) is 7.53. The van der Waals surface area contributed by atoms with E-state index in [1.165, 1.54) is 0 Å². The number of hydrogen-bond donors (Lipinski definition) is 2. The van der Waals surface area contributed by atoms with Gasteiger partial charge in [0, 0.05) is 32.4 Å². The molecule has 0 saturated carbocycles. The van der Waals surface area contributed by atoms with Crippen molar-refractivity contribution >= 4 is 5.96 Å². The molecule has 6 heteroatoms. The average molecular weight is 224 g/mol. The van der Waals surface area contributed by atoms with Gasteiger partial charge in [-0.25, -0.2) is 0 Å². The van der Waals surface area contributed by atoms with Crippen LogP contribution in [0.25, 0.3) is 0 Å². The quantitative estimate of drug-likeness (QED) is 0.413. The Labute approximate surface area is 96.1 Å². The van der Waals surface area contributed by atoms with Crippen molar-refractivity contribution in [2.75, 3.05) is 19.6 Å². The normalized spacial score (nSPS) is 9.88. The standard InChI is InChI=1S/C10H20N6/c1-3-11-10(12-4-2)13-6-5-8-16-9-7-14-15-16/h7,9H,3-6,8H2,1-2H3,(H2,11,12,13). The van der Waals surface area contributed by atoms with E-state index in [1.54, 1.807) is 6.20 Å². The molecule has 1 heterocycles. The van der Waals surface area contributed by atoms with Crippen LogP contribution in [0.15, 0.2) is 17.4 Å². The minimum atomic E-state index is 0.787. The molecule has 0 saturated heterocycles. The largest absolute Gasteiger partial charge is 0.357 e. The monoisotopic (exact) mass is 224 g/mol. The molecule has 16 heavy (non-hydrogen) atoms. The number of nitrogens with one attached hydrogen (secondary N) is 2. The van der Waals surface area contributed by atoms with Crippen LogP contribution in [0, 0.1) is 0 Å². The summed E-state index contributed by atoms with van der Waals surface area (Å²) in [5.41, 5.74) is 0. The molecule has 0 radical (unpaired) electrons. The van der Waals surface area contributed by atoms with Crippen molar-refractivity contribution in [2.24, 2.45) is 4.99 Å². The predicted molar refractivity (Wildman–Crippen MR) is 64.3 cm³/mol. The van der Waals surface area contributed by atoms with Crippen molar-refractivity contribution in [3.05, 3.63) is 12.4 Å². The van der Waals surface area contributed by atoms with Crippen molar-refractivity contribution in [1.29, 1.82) is 0 Å². The van der Waals surface area contributed by atoms with Crippen LogP contribution in [0.1, 0.15) is 20.3 Å². The topological polar surface area (TPSA) is 67.1 Å². The SMILES string of the molecule is CCNC(=NCCCn1ccnn1)NCC. The van der Waals surface area contributed by atoms with E-state index >= 15 is 0 Å². The smallest absolute Gasteiger partial charge is 0.191 e. The van der Waals surface area contributed by atoms with Crippen LogP contribution in [0.3, 0.4) is 0 Å². The minimum absolute atomic E-state index is 0.787. The van der Waals surface area contributed by atoms with Crippen LogP contribution in [0.4, 0.5) is 0 Å². The number of rotatable bonds is 6. The first-order valence-electron chi connectivity index (χ1n) is 5.73. The zero-order valence-electron chi connectivity index (χ0n) is 9.98. The lowest BCUT2D eigenvalue weighted by atomic mass is 10.4. The van der Waals surface area contributed by atoms with Gasteiger partial charge in [-0.1, -0.05) is 5.21 Å². The fourth-order valence-electron chi connectivity index (χ4n) is 1.28. The summed E-state index contributed by atoms with van der Waals surface area (Å²) in [5.74, 6) is 0.878. The van der Waals surface area contributed by atoms with Gasteiger partial charge in [-0.2, -0.15) is 0 Å². The lowest BCUT2D eigenvalue weighted by Crippen LogP contribution is -2.37. The molecule has 0 aliphatic rings. The molecular weight excluding hydrogens is 204 g/mol. The van der Waals surface area contributed by atoms with Crippen LogP contribution < -0.4 is 10.6 Å². The highest BCUT2D eigenvalue weighted by atomic mass is 15.4. The molecule has 1 aromatic heterocycles. The molecule has 0 atom stereocenters. The summed E-state index contributed by atoms with van der Waals surface area (Å²) < 4.78 is 1.82. The highest BCUT2D eigenvalue weighted by Gasteiger charge is 1.94. The van der Waals surface area contributed by atoms with Gasteiger partial charge in [-0.15, -0.1) is 5.10 Å². The van der Waals surface area contributed by atoms with Crippen LogP contribution in [-0.4, -0.2) is 40.6 Å². The van der Waals surface area contributed by atoms with Gasteiger partial charge in [0.05, 0.1) is 6.20 Å². The lowest BCUT2D eigenvalue weighted by Gasteiger charge is -2.08. The zero-order valence-corrected chi connectivity index (χ0v) is 9.98. The van der Waals surface area contributed by atoms with Gasteiger partial charge < -0.3 is 10.6 Å². The highest BCUT2D eigenvalue weighted by Crippen LogP contribution is 1.88. The average Bonchev–Trinajstić information content (AvgIpc) is 2.78. The molecule has 0 aliphatic heterocycles. The van der Waals surface area contributed by atoms with E-state index in [-0.39, 0.29) is 0 Å². The van der Waals surface area contributed by atoms with Gasteiger partial charge in [-0.05, 0) is 20.3 Å². The Balaban J connectivity index is 2.22. The van der Waals surface area contributed by atoms with E-state index < -0.39 is 0 Å². The lowest BCUT2D eigenvalue weighted by molar-refractivity contribution is 0.563. The van der Waals surface area contributed by atoms with Gasteiger partial charge in [0.2, 0.25) is 0 Å². The Morgan fingerprint density at radius 3 is 2.62 bits per heavy atom.